The number of carbonyl (C=O) groups excluding carboxylic acids is 1. The number of aliphatic hydroxyl groups is 1. The van der Waals surface area contributed by atoms with Crippen LogP contribution in [-0.2, 0) is 11.2 Å². The van der Waals surface area contributed by atoms with Crippen LogP contribution in [0.1, 0.15) is 63.5 Å². The van der Waals surface area contributed by atoms with Crippen molar-refractivity contribution in [2.75, 3.05) is 19.7 Å². The molecule has 0 spiro atoms. The highest BCUT2D eigenvalue weighted by Gasteiger charge is 2.33. The Morgan fingerprint density at radius 2 is 2.03 bits per heavy atom. The largest absolute Gasteiger partial charge is 0.389 e. The van der Waals surface area contributed by atoms with E-state index in [-0.39, 0.29) is 36.0 Å². The molecular formula is C25H32FN5O3. The Morgan fingerprint density at radius 3 is 2.76 bits per heavy atom. The van der Waals surface area contributed by atoms with Crippen molar-refractivity contribution in [2.45, 2.75) is 64.3 Å². The number of hydrogen-bond acceptors (Lipinski definition) is 7. The quantitative estimate of drug-likeness (QED) is 0.564. The number of para-hydroxylation sites is 1. The van der Waals surface area contributed by atoms with Crippen LogP contribution in [0.3, 0.4) is 0 Å². The van der Waals surface area contributed by atoms with E-state index in [1.165, 1.54) is 10.7 Å². The molecule has 8 nitrogen and oxygen atoms in total. The number of fused-ring (bicyclic) bond motifs is 1. The van der Waals surface area contributed by atoms with E-state index in [0.29, 0.717) is 29.8 Å². The SMILES string of the molecule is CC(C)c1nn(-c2noc(C[C@@H]3CCN(C4CCC(C(=O)CO)CC4)C3)n2)c2c(F)cccc12. The van der Waals surface area contributed by atoms with E-state index in [4.69, 9.17) is 9.63 Å². The average molecular weight is 470 g/mol. The minimum atomic E-state index is -0.356. The molecule has 0 unspecified atom stereocenters. The second-order valence-corrected chi connectivity index (χ2v) is 10.1. The van der Waals surface area contributed by atoms with Crippen LogP contribution in [0.5, 0.6) is 0 Å². The molecule has 2 fully saturated rings. The Morgan fingerprint density at radius 1 is 1.24 bits per heavy atom. The standard InChI is InChI=1S/C25H32FN5O3/c1-15(2)23-19-4-3-5-20(26)24(19)31(28-23)25-27-22(34-29-25)12-16-10-11-30(13-16)18-8-6-17(7-9-18)21(33)14-32/h3-5,15-18,32H,6-14H2,1-2H3/t16-,17?,18?/m0/s1. The van der Waals surface area contributed by atoms with E-state index in [0.717, 1.165) is 56.3 Å². The van der Waals surface area contributed by atoms with Crippen molar-refractivity contribution in [2.24, 2.45) is 11.8 Å². The number of benzene rings is 1. The molecule has 0 bridgehead atoms. The van der Waals surface area contributed by atoms with Crippen LogP contribution in [0.4, 0.5) is 4.39 Å². The fourth-order valence-electron chi connectivity index (χ4n) is 5.63. The van der Waals surface area contributed by atoms with Crippen LogP contribution in [0, 0.1) is 17.7 Å². The first-order chi connectivity index (χ1) is 16.4. The Bertz CT molecular complexity index is 1160. The van der Waals surface area contributed by atoms with Gasteiger partial charge in [0.15, 0.2) is 5.78 Å². The van der Waals surface area contributed by atoms with Gasteiger partial charge in [-0.25, -0.2) is 4.39 Å². The molecule has 0 radical (unpaired) electrons. The topological polar surface area (TPSA) is 97.3 Å². The molecule has 0 amide bonds. The van der Waals surface area contributed by atoms with Crippen LogP contribution in [-0.4, -0.2) is 61.4 Å². The molecule has 3 heterocycles. The third-order valence-electron chi connectivity index (χ3n) is 7.48. The van der Waals surface area contributed by atoms with Crippen LogP contribution in [0.25, 0.3) is 16.9 Å². The summed E-state index contributed by atoms with van der Waals surface area (Å²) in [6, 6.07) is 5.49. The smallest absolute Gasteiger partial charge is 0.291 e. The fourth-order valence-corrected chi connectivity index (χ4v) is 5.63. The number of aliphatic hydroxyl groups excluding tert-OH is 1. The minimum absolute atomic E-state index is 0.0182. The van der Waals surface area contributed by atoms with Crippen molar-refractivity contribution in [1.29, 1.82) is 0 Å². The highest BCUT2D eigenvalue weighted by molar-refractivity contribution is 5.84. The highest BCUT2D eigenvalue weighted by atomic mass is 19.1. The monoisotopic (exact) mass is 469 g/mol. The maximum Gasteiger partial charge on any atom is 0.291 e. The Kier molecular flexibility index (Phi) is 6.48. The third-order valence-corrected chi connectivity index (χ3v) is 7.48. The zero-order valence-corrected chi connectivity index (χ0v) is 19.8. The van der Waals surface area contributed by atoms with E-state index in [2.05, 4.69) is 20.1 Å². The zero-order valence-electron chi connectivity index (χ0n) is 19.8. The van der Waals surface area contributed by atoms with Gasteiger partial charge in [0.1, 0.15) is 17.9 Å². The summed E-state index contributed by atoms with van der Waals surface area (Å²) < 4.78 is 21.7. The molecule has 2 aromatic heterocycles. The number of carbonyl (C=O) groups is 1. The lowest BCUT2D eigenvalue weighted by molar-refractivity contribution is -0.126. The number of halogens is 1. The van der Waals surface area contributed by atoms with E-state index in [1.54, 1.807) is 6.07 Å². The molecule has 1 saturated carbocycles. The molecule has 1 aromatic carbocycles. The van der Waals surface area contributed by atoms with Gasteiger partial charge in [0.2, 0.25) is 5.89 Å². The van der Waals surface area contributed by atoms with Crippen molar-refractivity contribution in [3.63, 3.8) is 0 Å². The minimum Gasteiger partial charge on any atom is -0.389 e. The summed E-state index contributed by atoms with van der Waals surface area (Å²) in [7, 11) is 0. The van der Waals surface area contributed by atoms with Crippen molar-refractivity contribution in [3.05, 3.63) is 35.6 Å². The molecule has 1 atom stereocenters. The predicted molar refractivity (Wildman–Crippen MR) is 124 cm³/mol. The van der Waals surface area contributed by atoms with Gasteiger partial charge in [-0.2, -0.15) is 14.8 Å². The van der Waals surface area contributed by atoms with Gasteiger partial charge in [0, 0.05) is 30.3 Å². The Labute approximate surface area is 198 Å². The molecule has 1 N–H and O–H groups in total. The van der Waals surface area contributed by atoms with Gasteiger partial charge < -0.3 is 14.5 Å². The molecule has 1 aliphatic heterocycles. The van der Waals surface area contributed by atoms with E-state index in [9.17, 15) is 9.18 Å². The molecule has 34 heavy (non-hydrogen) atoms. The molecule has 9 heteroatoms. The molecule has 1 aliphatic carbocycles. The van der Waals surface area contributed by atoms with Crippen molar-refractivity contribution >= 4 is 16.7 Å². The molecule has 5 rings (SSSR count). The number of ketones is 1. The lowest BCUT2D eigenvalue weighted by Crippen LogP contribution is -2.38. The van der Waals surface area contributed by atoms with Crippen molar-refractivity contribution in [1.82, 2.24) is 24.8 Å². The van der Waals surface area contributed by atoms with Crippen molar-refractivity contribution in [3.8, 4) is 5.95 Å². The van der Waals surface area contributed by atoms with E-state index >= 15 is 0 Å². The molecule has 182 valence electrons. The number of Topliss-reactive ketones (excluding diaryl/α,β-unsaturated/α-hetero) is 1. The van der Waals surface area contributed by atoms with Crippen LogP contribution in [0.15, 0.2) is 22.7 Å². The number of rotatable bonds is 7. The van der Waals surface area contributed by atoms with Gasteiger partial charge in [-0.3, -0.25) is 4.79 Å². The Balaban J connectivity index is 1.25. The first-order valence-corrected chi connectivity index (χ1v) is 12.3. The van der Waals surface area contributed by atoms with Gasteiger partial charge in [0.25, 0.3) is 5.95 Å². The van der Waals surface area contributed by atoms with Crippen molar-refractivity contribution < 1.29 is 18.8 Å². The van der Waals surface area contributed by atoms with E-state index < -0.39 is 0 Å². The summed E-state index contributed by atoms with van der Waals surface area (Å²) >= 11 is 0. The highest BCUT2D eigenvalue weighted by Crippen LogP contribution is 2.32. The first-order valence-electron chi connectivity index (χ1n) is 12.3. The second-order valence-electron chi connectivity index (χ2n) is 10.1. The van der Waals surface area contributed by atoms with Gasteiger partial charge in [-0.05, 0) is 61.7 Å². The third kappa shape index (κ3) is 4.38. The maximum atomic E-state index is 14.7. The molecule has 2 aliphatic rings. The fraction of sp³-hybridized carbons (Fsp3) is 0.600. The van der Waals surface area contributed by atoms with Crippen LogP contribution < -0.4 is 0 Å². The summed E-state index contributed by atoms with van der Waals surface area (Å²) in [5.41, 5.74) is 1.18. The molecule has 3 aromatic rings. The van der Waals surface area contributed by atoms with Gasteiger partial charge in [-0.15, -0.1) is 0 Å². The maximum absolute atomic E-state index is 14.7. The predicted octanol–water partition coefficient (Wildman–Crippen LogP) is 3.66. The molecular weight excluding hydrogens is 437 g/mol. The summed E-state index contributed by atoms with van der Waals surface area (Å²) in [5.74, 6) is 1.01. The van der Waals surface area contributed by atoms with Gasteiger partial charge in [-0.1, -0.05) is 26.0 Å². The van der Waals surface area contributed by atoms with Crippen LogP contribution in [0.2, 0.25) is 0 Å². The second kappa shape index (κ2) is 9.54. The van der Waals surface area contributed by atoms with Gasteiger partial charge in [0.05, 0.1) is 5.69 Å². The zero-order chi connectivity index (χ0) is 23.8. The van der Waals surface area contributed by atoms with Gasteiger partial charge >= 0.3 is 0 Å². The van der Waals surface area contributed by atoms with Crippen LogP contribution >= 0.6 is 0 Å². The normalized spacial score (nSPS) is 23.9. The summed E-state index contributed by atoms with van der Waals surface area (Å²) in [6.07, 6.45) is 5.48. The number of likely N-dealkylation sites (tertiary alicyclic amines) is 1. The number of hydrogen-bond donors (Lipinski definition) is 1. The first kappa shape index (κ1) is 23.1. The Hall–Kier alpha value is -2.65. The lowest BCUT2D eigenvalue weighted by atomic mass is 9.83. The molecule has 1 saturated heterocycles. The van der Waals surface area contributed by atoms with E-state index in [1.807, 2.05) is 19.9 Å². The summed E-state index contributed by atoms with van der Waals surface area (Å²) in [6.45, 7) is 5.72. The summed E-state index contributed by atoms with van der Waals surface area (Å²) in [5, 5.41) is 18.6. The number of nitrogens with zero attached hydrogens (tertiary/aromatic N) is 5. The average Bonchev–Trinajstić information content (AvgIpc) is 3.58. The summed E-state index contributed by atoms with van der Waals surface area (Å²) in [4.78, 5) is 18.8. The lowest BCUT2D eigenvalue weighted by Gasteiger charge is -2.34. The number of aromatic nitrogens is 4.